The van der Waals surface area contributed by atoms with Crippen molar-refractivity contribution in [3.05, 3.63) is 35.7 Å². The van der Waals surface area contributed by atoms with Crippen molar-refractivity contribution in [2.24, 2.45) is 0 Å². The highest BCUT2D eigenvalue weighted by Gasteiger charge is 2.16. The quantitative estimate of drug-likeness (QED) is 0.374. The Kier molecular flexibility index (Phi) is 10.5. The number of nitrogens with zero attached hydrogens (tertiary/aromatic N) is 2. The van der Waals surface area contributed by atoms with Crippen LogP contribution in [0.5, 0.6) is 0 Å². The summed E-state index contributed by atoms with van der Waals surface area (Å²) in [4.78, 5) is 26.7. The molecule has 0 unspecified atom stereocenters. The molecule has 1 aromatic heterocycles. The molecule has 1 aromatic carbocycles. The van der Waals surface area contributed by atoms with Crippen LogP contribution in [0, 0.1) is 0 Å². The van der Waals surface area contributed by atoms with Gasteiger partial charge in [0.15, 0.2) is 0 Å². The van der Waals surface area contributed by atoms with Gasteiger partial charge in [-0.1, -0.05) is 81.3 Å². The van der Waals surface area contributed by atoms with Crippen molar-refractivity contribution >= 4 is 12.0 Å². The zero-order valence-corrected chi connectivity index (χ0v) is 18.5. The van der Waals surface area contributed by atoms with Crippen LogP contribution in [0.1, 0.15) is 76.7 Å². The number of amides is 2. The van der Waals surface area contributed by atoms with E-state index in [0.717, 1.165) is 12.0 Å². The van der Waals surface area contributed by atoms with Crippen molar-refractivity contribution in [2.45, 2.75) is 84.2 Å². The minimum atomic E-state index is -1.26. The second-order valence-corrected chi connectivity index (χ2v) is 7.82. The Morgan fingerprint density at radius 3 is 2.32 bits per heavy atom. The van der Waals surface area contributed by atoms with Crippen molar-refractivity contribution < 1.29 is 19.2 Å². The highest BCUT2D eigenvalue weighted by Crippen LogP contribution is 2.18. The molecule has 0 fully saturated rings. The SMILES string of the molecule is CCCCCCCCCCc1ccc(-c2noc(CNC(=O)[C@H](C)NC(=O)O)n2)cc1. The standard InChI is InChI=1S/C23H34N4O4/c1-3-4-5-6-7-8-9-10-11-18-12-14-19(15-13-18)21-26-20(31-27-21)16-24-22(28)17(2)25-23(29)30/h12-15,17,25H,3-11,16H2,1-2H3,(H,24,28)(H,29,30)/t17-/m0/s1. The fourth-order valence-electron chi connectivity index (χ4n) is 3.29. The van der Waals surface area contributed by atoms with Gasteiger partial charge in [-0.05, 0) is 25.3 Å². The van der Waals surface area contributed by atoms with E-state index >= 15 is 0 Å². The van der Waals surface area contributed by atoms with Gasteiger partial charge in [0.05, 0.1) is 6.54 Å². The van der Waals surface area contributed by atoms with Crippen LogP contribution in [-0.2, 0) is 17.8 Å². The molecule has 170 valence electrons. The van der Waals surface area contributed by atoms with Crippen molar-refractivity contribution in [1.82, 2.24) is 20.8 Å². The van der Waals surface area contributed by atoms with Gasteiger partial charge in [-0.25, -0.2) is 4.79 Å². The summed E-state index contributed by atoms with van der Waals surface area (Å²) in [5.74, 6) is 0.251. The minimum Gasteiger partial charge on any atom is -0.465 e. The largest absolute Gasteiger partial charge is 0.465 e. The number of benzene rings is 1. The fourth-order valence-corrected chi connectivity index (χ4v) is 3.29. The average Bonchev–Trinajstić information content (AvgIpc) is 3.23. The molecule has 0 saturated carbocycles. The first-order valence-electron chi connectivity index (χ1n) is 11.2. The van der Waals surface area contributed by atoms with Crippen molar-refractivity contribution in [3.63, 3.8) is 0 Å². The second kappa shape index (κ2) is 13.4. The first-order chi connectivity index (χ1) is 15.0. The van der Waals surface area contributed by atoms with E-state index in [-0.39, 0.29) is 12.4 Å². The van der Waals surface area contributed by atoms with E-state index in [1.807, 2.05) is 12.1 Å². The number of carboxylic acid groups (broad SMARTS) is 1. The second-order valence-electron chi connectivity index (χ2n) is 7.82. The summed E-state index contributed by atoms with van der Waals surface area (Å²) in [6.07, 6.45) is 10.3. The molecular formula is C23H34N4O4. The minimum absolute atomic E-state index is 0.0357. The number of carbonyl (C=O) groups excluding carboxylic acids is 1. The van der Waals surface area contributed by atoms with Gasteiger partial charge in [-0.3, -0.25) is 4.79 Å². The van der Waals surface area contributed by atoms with Crippen LogP contribution in [0.25, 0.3) is 11.4 Å². The van der Waals surface area contributed by atoms with Crippen molar-refractivity contribution in [3.8, 4) is 11.4 Å². The Balaban J connectivity index is 1.72. The predicted octanol–water partition coefficient (Wildman–Crippen LogP) is 4.69. The molecule has 0 bridgehead atoms. The Bertz CT molecular complexity index is 804. The Morgan fingerprint density at radius 2 is 1.68 bits per heavy atom. The molecule has 0 saturated heterocycles. The van der Waals surface area contributed by atoms with E-state index in [0.29, 0.717) is 5.82 Å². The monoisotopic (exact) mass is 430 g/mol. The third-order valence-electron chi connectivity index (χ3n) is 5.15. The fraction of sp³-hybridized carbons (Fsp3) is 0.565. The van der Waals surface area contributed by atoms with Gasteiger partial charge < -0.3 is 20.3 Å². The Labute approximate surface area is 183 Å². The number of rotatable bonds is 14. The number of hydrogen-bond acceptors (Lipinski definition) is 5. The molecule has 0 radical (unpaired) electrons. The predicted molar refractivity (Wildman–Crippen MR) is 119 cm³/mol. The highest BCUT2D eigenvalue weighted by atomic mass is 16.5. The van der Waals surface area contributed by atoms with Crippen LogP contribution >= 0.6 is 0 Å². The average molecular weight is 431 g/mol. The van der Waals surface area contributed by atoms with Gasteiger partial charge in [-0.2, -0.15) is 4.98 Å². The summed E-state index contributed by atoms with van der Waals surface area (Å²) >= 11 is 0. The van der Waals surface area contributed by atoms with Crippen LogP contribution in [0.4, 0.5) is 4.79 Å². The maximum absolute atomic E-state index is 11.8. The Hall–Kier alpha value is -2.90. The molecule has 8 nitrogen and oxygen atoms in total. The number of aryl methyl sites for hydroxylation is 1. The number of carbonyl (C=O) groups is 2. The van der Waals surface area contributed by atoms with Gasteiger partial charge in [0.25, 0.3) is 0 Å². The van der Waals surface area contributed by atoms with E-state index in [9.17, 15) is 9.59 Å². The van der Waals surface area contributed by atoms with Crippen molar-refractivity contribution in [1.29, 1.82) is 0 Å². The molecular weight excluding hydrogens is 396 g/mol. The summed E-state index contributed by atoms with van der Waals surface area (Å²) in [6.45, 7) is 3.74. The summed E-state index contributed by atoms with van der Waals surface area (Å²) in [6, 6.07) is 7.27. The van der Waals surface area contributed by atoms with E-state index in [4.69, 9.17) is 9.63 Å². The number of aromatic nitrogens is 2. The van der Waals surface area contributed by atoms with Crippen LogP contribution < -0.4 is 10.6 Å². The number of hydrogen-bond donors (Lipinski definition) is 3. The molecule has 2 rings (SSSR count). The molecule has 0 aliphatic rings. The zero-order valence-electron chi connectivity index (χ0n) is 18.5. The van der Waals surface area contributed by atoms with Gasteiger partial charge >= 0.3 is 6.09 Å². The van der Waals surface area contributed by atoms with Gasteiger partial charge in [-0.15, -0.1) is 0 Å². The van der Waals surface area contributed by atoms with Crippen LogP contribution in [0.15, 0.2) is 28.8 Å². The molecule has 8 heteroatoms. The molecule has 2 aromatic rings. The number of nitrogens with one attached hydrogen (secondary N) is 2. The summed E-state index contributed by atoms with van der Waals surface area (Å²) in [5.41, 5.74) is 2.15. The maximum Gasteiger partial charge on any atom is 0.405 e. The molecule has 2 amide bonds. The normalized spacial score (nSPS) is 11.8. The van der Waals surface area contributed by atoms with Crippen LogP contribution in [0.2, 0.25) is 0 Å². The first kappa shape index (κ1) is 24.4. The van der Waals surface area contributed by atoms with Gasteiger partial charge in [0.2, 0.25) is 17.6 Å². The van der Waals surface area contributed by atoms with Crippen molar-refractivity contribution in [2.75, 3.05) is 0 Å². The van der Waals surface area contributed by atoms with Gasteiger partial charge in [0, 0.05) is 5.56 Å². The topological polar surface area (TPSA) is 117 Å². The third kappa shape index (κ3) is 9.19. The molecule has 31 heavy (non-hydrogen) atoms. The lowest BCUT2D eigenvalue weighted by Crippen LogP contribution is -2.44. The highest BCUT2D eigenvalue weighted by molar-refractivity contribution is 5.84. The lowest BCUT2D eigenvalue weighted by Gasteiger charge is -2.10. The summed E-state index contributed by atoms with van der Waals surface area (Å²) in [5, 5.41) is 17.2. The van der Waals surface area contributed by atoms with E-state index in [2.05, 4.69) is 39.8 Å². The van der Waals surface area contributed by atoms with Gasteiger partial charge in [0.1, 0.15) is 6.04 Å². The zero-order chi connectivity index (χ0) is 22.5. The van der Waals surface area contributed by atoms with E-state index in [1.54, 1.807) is 0 Å². The molecule has 3 N–H and O–H groups in total. The smallest absolute Gasteiger partial charge is 0.405 e. The first-order valence-corrected chi connectivity index (χ1v) is 11.2. The van der Waals surface area contributed by atoms with Crippen LogP contribution in [-0.4, -0.2) is 33.3 Å². The maximum atomic E-state index is 11.8. The molecule has 1 atom stereocenters. The molecule has 0 spiro atoms. The number of unbranched alkanes of at least 4 members (excludes halogenated alkanes) is 7. The van der Waals surface area contributed by atoms with E-state index in [1.165, 1.54) is 63.9 Å². The third-order valence-corrected chi connectivity index (χ3v) is 5.15. The van der Waals surface area contributed by atoms with Crippen LogP contribution in [0.3, 0.4) is 0 Å². The molecule has 1 heterocycles. The summed E-state index contributed by atoms with van der Waals surface area (Å²) < 4.78 is 5.17. The Morgan fingerprint density at radius 1 is 1.03 bits per heavy atom. The lowest BCUT2D eigenvalue weighted by molar-refractivity contribution is -0.122. The van der Waals surface area contributed by atoms with E-state index < -0.39 is 18.0 Å². The molecule has 0 aliphatic carbocycles. The molecule has 0 aliphatic heterocycles. The summed E-state index contributed by atoms with van der Waals surface area (Å²) in [7, 11) is 0. The lowest BCUT2D eigenvalue weighted by atomic mass is 10.0.